The number of carbonyl (C=O) groups excluding carboxylic acids is 2. The van der Waals surface area contributed by atoms with Crippen LogP contribution in [0.4, 0.5) is 4.79 Å². The zero-order valence-electron chi connectivity index (χ0n) is 18.5. The molecule has 3 N–H and O–H groups in total. The van der Waals surface area contributed by atoms with Crippen molar-refractivity contribution in [1.29, 1.82) is 0 Å². The Bertz CT molecular complexity index is 1070. The van der Waals surface area contributed by atoms with Crippen LogP contribution in [0.3, 0.4) is 0 Å². The summed E-state index contributed by atoms with van der Waals surface area (Å²) in [6, 6.07) is 15.4. The van der Waals surface area contributed by atoms with Crippen LogP contribution in [-0.2, 0) is 14.3 Å². The van der Waals surface area contributed by atoms with E-state index in [1.165, 1.54) is 11.1 Å². The molecular formula is C26H28N2O5. The largest absolute Gasteiger partial charge is 0.480 e. The molecule has 2 saturated carbocycles. The molecule has 5 rings (SSSR count). The van der Waals surface area contributed by atoms with E-state index in [1.54, 1.807) is 6.92 Å². The van der Waals surface area contributed by atoms with Crippen molar-refractivity contribution in [1.82, 2.24) is 10.6 Å². The molecule has 7 nitrogen and oxygen atoms in total. The van der Waals surface area contributed by atoms with Gasteiger partial charge in [0.15, 0.2) is 0 Å². The Kier molecular flexibility index (Phi) is 5.35. The zero-order valence-corrected chi connectivity index (χ0v) is 18.5. The Hall–Kier alpha value is -3.35. The van der Waals surface area contributed by atoms with Crippen molar-refractivity contribution in [3.63, 3.8) is 0 Å². The van der Waals surface area contributed by atoms with Gasteiger partial charge in [-0.15, -0.1) is 0 Å². The van der Waals surface area contributed by atoms with E-state index in [0.29, 0.717) is 19.3 Å². The minimum absolute atomic E-state index is 0.000697. The quantitative estimate of drug-likeness (QED) is 0.599. The lowest BCUT2D eigenvalue weighted by Crippen LogP contribution is -2.45. The summed E-state index contributed by atoms with van der Waals surface area (Å²) in [7, 11) is 0. The highest BCUT2D eigenvalue weighted by Gasteiger charge is 2.65. The van der Waals surface area contributed by atoms with E-state index in [2.05, 4.69) is 34.9 Å². The van der Waals surface area contributed by atoms with Crippen LogP contribution in [0.25, 0.3) is 11.1 Å². The van der Waals surface area contributed by atoms with Gasteiger partial charge in [-0.25, -0.2) is 9.59 Å². The highest BCUT2D eigenvalue weighted by atomic mass is 16.5. The lowest BCUT2D eigenvalue weighted by molar-refractivity contribution is -0.142. The molecule has 0 aromatic heterocycles. The number of carboxylic acids is 1. The number of carboxylic acid groups (broad SMARTS) is 1. The Morgan fingerprint density at radius 1 is 1.06 bits per heavy atom. The van der Waals surface area contributed by atoms with Gasteiger partial charge in [0, 0.05) is 12.0 Å². The number of fused-ring (bicyclic) bond motifs is 4. The average molecular weight is 449 g/mol. The van der Waals surface area contributed by atoms with Crippen LogP contribution >= 0.6 is 0 Å². The Morgan fingerprint density at radius 3 is 2.30 bits per heavy atom. The van der Waals surface area contributed by atoms with Gasteiger partial charge < -0.3 is 20.5 Å². The molecule has 3 aliphatic rings. The smallest absolute Gasteiger partial charge is 0.407 e. The molecule has 1 unspecified atom stereocenters. The summed E-state index contributed by atoms with van der Waals surface area (Å²) in [6.45, 7) is 1.98. The maximum absolute atomic E-state index is 12.7. The van der Waals surface area contributed by atoms with E-state index >= 15 is 0 Å². The first-order chi connectivity index (χ1) is 15.9. The van der Waals surface area contributed by atoms with E-state index in [0.717, 1.165) is 17.5 Å². The first-order valence-corrected chi connectivity index (χ1v) is 11.6. The molecule has 7 heteroatoms. The SMILES string of the molecule is CCC(NC(=O)[C@]12C[C@H](NC(=O)OCC3c4ccccc4-c4ccccc43)C[C@H]1C2)C(=O)O. The minimum atomic E-state index is -1.02. The van der Waals surface area contributed by atoms with Crippen LogP contribution in [0.15, 0.2) is 48.5 Å². The van der Waals surface area contributed by atoms with E-state index in [4.69, 9.17) is 4.74 Å². The van der Waals surface area contributed by atoms with Crippen LogP contribution in [0.5, 0.6) is 0 Å². The van der Waals surface area contributed by atoms with Crippen LogP contribution in [-0.4, -0.2) is 41.8 Å². The number of amides is 2. The van der Waals surface area contributed by atoms with Crippen LogP contribution in [0.2, 0.25) is 0 Å². The molecule has 2 fully saturated rings. The predicted octanol–water partition coefficient (Wildman–Crippen LogP) is 3.67. The molecule has 33 heavy (non-hydrogen) atoms. The van der Waals surface area contributed by atoms with E-state index < -0.39 is 23.5 Å². The van der Waals surface area contributed by atoms with Crippen molar-refractivity contribution in [3.05, 3.63) is 59.7 Å². The fourth-order valence-electron chi connectivity index (χ4n) is 5.73. The summed E-state index contributed by atoms with van der Waals surface area (Å²) in [5.41, 5.74) is 4.13. The lowest BCUT2D eigenvalue weighted by atomic mass is 9.98. The lowest BCUT2D eigenvalue weighted by Gasteiger charge is -2.20. The minimum Gasteiger partial charge on any atom is -0.480 e. The maximum Gasteiger partial charge on any atom is 0.407 e. The number of hydrogen-bond donors (Lipinski definition) is 3. The molecule has 0 radical (unpaired) electrons. The highest BCUT2D eigenvalue weighted by Crippen LogP contribution is 2.63. The molecule has 0 heterocycles. The van der Waals surface area contributed by atoms with Gasteiger partial charge in [0.2, 0.25) is 5.91 Å². The van der Waals surface area contributed by atoms with Crippen LogP contribution in [0, 0.1) is 11.3 Å². The molecule has 0 saturated heterocycles. The Balaban J connectivity index is 1.17. The van der Waals surface area contributed by atoms with E-state index in [9.17, 15) is 19.5 Å². The fraction of sp³-hybridized carbons (Fsp3) is 0.423. The van der Waals surface area contributed by atoms with Gasteiger partial charge in [-0.3, -0.25) is 4.79 Å². The van der Waals surface area contributed by atoms with Gasteiger partial charge in [0.1, 0.15) is 12.6 Å². The van der Waals surface area contributed by atoms with Gasteiger partial charge >= 0.3 is 12.1 Å². The monoisotopic (exact) mass is 448 g/mol. The molecule has 172 valence electrons. The topological polar surface area (TPSA) is 105 Å². The second-order valence-electron chi connectivity index (χ2n) is 9.44. The normalized spacial score (nSPS) is 25.4. The van der Waals surface area contributed by atoms with Crippen molar-refractivity contribution < 1.29 is 24.2 Å². The average Bonchev–Trinajstić information content (AvgIpc) is 3.24. The molecule has 0 bridgehead atoms. The van der Waals surface area contributed by atoms with Crippen molar-refractivity contribution in [3.8, 4) is 11.1 Å². The number of aliphatic carboxylic acids is 1. The predicted molar refractivity (Wildman–Crippen MR) is 122 cm³/mol. The van der Waals surface area contributed by atoms with Gasteiger partial charge in [-0.05, 0) is 53.9 Å². The summed E-state index contributed by atoms with van der Waals surface area (Å²) in [4.78, 5) is 36.6. The summed E-state index contributed by atoms with van der Waals surface area (Å²) in [5, 5.41) is 14.8. The molecule has 2 aromatic carbocycles. The van der Waals surface area contributed by atoms with Crippen LogP contribution < -0.4 is 10.6 Å². The standard InChI is InChI=1S/C26H28N2O5/c1-2-22(23(29)30)28-24(31)26-12-15(26)11-16(13-26)27-25(32)33-14-21-19-9-5-3-7-17(19)18-8-4-6-10-20(18)21/h3-10,15-16,21-22H,2,11-14H2,1H3,(H,27,32)(H,28,31)(H,29,30)/t15-,16+,22?,26+/m0/s1. The first-order valence-electron chi connectivity index (χ1n) is 11.6. The Labute approximate surface area is 192 Å². The van der Waals surface area contributed by atoms with E-state index in [-0.39, 0.29) is 30.4 Å². The molecule has 3 aliphatic carbocycles. The summed E-state index contributed by atoms with van der Waals surface area (Å²) in [6.07, 6.45) is 1.84. The molecule has 2 aromatic rings. The number of alkyl carbamates (subject to hydrolysis) is 1. The van der Waals surface area contributed by atoms with Crippen molar-refractivity contribution in [2.75, 3.05) is 6.61 Å². The van der Waals surface area contributed by atoms with Gasteiger partial charge in [0.05, 0.1) is 5.41 Å². The molecule has 0 spiro atoms. The number of carbonyl (C=O) groups is 3. The number of nitrogens with one attached hydrogen (secondary N) is 2. The highest BCUT2D eigenvalue weighted by molar-refractivity contribution is 5.90. The van der Waals surface area contributed by atoms with Crippen LogP contribution in [0.1, 0.15) is 49.7 Å². The second kappa shape index (κ2) is 8.21. The number of benzene rings is 2. The first kappa shape index (κ1) is 21.5. The van der Waals surface area contributed by atoms with Crippen molar-refractivity contribution >= 4 is 18.0 Å². The zero-order chi connectivity index (χ0) is 23.2. The summed E-state index contributed by atoms with van der Waals surface area (Å²) >= 11 is 0. The van der Waals surface area contributed by atoms with Gasteiger partial charge in [0.25, 0.3) is 0 Å². The van der Waals surface area contributed by atoms with E-state index in [1.807, 2.05) is 24.3 Å². The number of ether oxygens (including phenoxy) is 1. The molecule has 0 aliphatic heterocycles. The maximum atomic E-state index is 12.7. The molecule has 2 amide bonds. The second-order valence-corrected chi connectivity index (χ2v) is 9.44. The summed E-state index contributed by atoms with van der Waals surface area (Å²) in [5.74, 6) is -1.05. The third kappa shape index (κ3) is 3.75. The van der Waals surface area contributed by atoms with Gasteiger partial charge in [-0.2, -0.15) is 0 Å². The fourth-order valence-corrected chi connectivity index (χ4v) is 5.73. The van der Waals surface area contributed by atoms with Crippen molar-refractivity contribution in [2.45, 2.75) is 50.6 Å². The number of rotatable bonds is 7. The third-order valence-corrected chi connectivity index (χ3v) is 7.54. The van der Waals surface area contributed by atoms with Crippen molar-refractivity contribution in [2.24, 2.45) is 11.3 Å². The Morgan fingerprint density at radius 2 is 1.70 bits per heavy atom. The summed E-state index contributed by atoms with van der Waals surface area (Å²) < 4.78 is 5.63. The molecule has 4 atom stereocenters. The third-order valence-electron chi connectivity index (χ3n) is 7.54. The number of hydrogen-bond acceptors (Lipinski definition) is 4. The van der Waals surface area contributed by atoms with Gasteiger partial charge in [-0.1, -0.05) is 55.5 Å². The molecular weight excluding hydrogens is 420 g/mol.